The van der Waals surface area contributed by atoms with Gasteiger partial charge in [-0.1, -0.05) is 0 Å². The third kappa shape index (κ3) is 3.47. The van der Waals surface area contributed by atoms with E-state index in [1.54, 1.807) is 7.05 Å². The van der Waals surface area contributed by atoms with Crippen LogP contribution in [0.5, 0.6) is 0 Å². The average molecular weight is 309 g/mol. The number of amides is 1. The highest BCUT2D eigenvalue weighted by Gasteiger charge is 2.37. The Labute approximate surface area is 114 Å². The van der Waals surface area contributed by atoms with E-state index in [1.165, 1.54) is 4.90 Å². The molecule has 19 heavy (non-hydrogen) atoms. The lowest BCUT2D eigenvalue weighted by atomic mass is 10.0. The fourth-order valence-electron chi connectivity index (χ4n) is 2.77. The maximum absolute atomic E-state index is 12.3. The van der Waals surface area contributed by atoms with Crippen LogP contribution in [0.1, 0.15) is 19.3 Å². The number of hydrogen-bond acceptors (Lipinski definition) is 5. The molecule has 0 aromatic heterocycles. The molecule has 2 aliphatic rings. The minimum atomic E-state index is -3.12. The first kappa shape index (κ1) is 14.8. The van der Waals surface area contributed by atoms with E-state index in [4.69, 9.17) is 0 Å². The highest BCUT2D eigenvalue weighted by atomic mass is 32.2. The van der Waals surface area contributed by atoms with Crippen molar-refractivity contribution in [2.24, 2.45) is 5.92 Å². The van der Waals surface area contributed by atoms with Crippen LogP contribution in [0.25, 0.3) is 0 Å². The van der Waals surface area contributed by atoms with E-state index < -0.39 is 25.6 Å². The van der Waals surface area contributed by atoms with Crippen molar-refractivity contribution in [3.63, 3.8) is 0 Å². The molecule has 0 aromatic carbocycles. The van der Waals surface area contributed by atoms with Gasteiger partial charge in [0.15, 0.2) is 19.7 Å². The van der Waals surface area contributed by atoms with Crippen molar-refractivity contribution in [1.29, 1.82) is 0 Å². The Bertz CT molecular complexity index is 566. The van der Waals surface area contributed by atoms with Crippen LogP contribution in [0.4, 0.5) is 0 Å². The third-order valence-corrected chi connectivity index (χ3v) is 7.49. The summed E-state index contributed by atoms with van der Waals surface area (Å²) in [7, 11) is -4.58. The zero-order valence-corrected chi connectivity index (χ0v) is 12.5. The zero-order chi connectivity index (χ0) is 14.3. The standard InChI is InChI=1S/C11H19NO5S2/c1-12(10-4-6-19(16,17)8-10)11(13)9-3-2-5-18(14,15)7-9/h9-10H,2-8H2,1H3. The van der Waals surface area contributed by atoms with Gasteiger partial charge in [-0.15, -0.1) is 0 Å². The van der Waals surface area contributed by atoms with Crippen LogP contribution in [-0.2, 0) is 24.5 Å². The topological polar surface area (TPSA) is 88.6 Å². The molecule has 2 saturated heterocycles. The number of sulfone groups is 2. The van der Waals surface area contributed by atoms with Gasteiger partial charge in [0, 0.05) is 13.1 Å². The Hall–Kier alpha value is -0.630. The monoisotopic (exact) mass is 309 g/mol. The quantitative estimate of drug-likeness (QED) is 0.683. The highest BCUT2D eigenvalue weighted by molar-refractivity contribution is 7.91. The number of carbonyl (C=O) groups is 1. The number of nitrogens with zero attached hydrogens (tertiary/aromatic N) is 1. The maximum atomic E-state index is 12.3. The second kappa shape index (κ2) is 5.05. The zero-order valence-electron chi connectivity index (χ0n) is 10.9. The van der Waals surface area contributed by atoms with E-state index in [9.17, 15) is 21.6 Å². The molecule has 6 nitrogen and oxygen atoms in total. The summed E-state index contributed by atoms with van der Waals surface area (Å²) in [6.07, 6.45) is 1.53. The van der Waals surface area contributed by atoms with E-state index in [1.807, 2.05) is 0 Å². The third-order valence-electron chi connectivity index (χ3n) is 3.92. The maximum Gasteiger partial charge on any atom is 0.226 e. The lowest BCUT2D eigenvalue weighted by Gasteiger charge is -2.29. The molecule has 0 aliphatic carbocycles. The molecule has 2 unspecified atom stereocenters. The smallest absolute Gasteiger partial charge is 0.226 e. The van der Waals surface area contributed by atoms with Crippen LogP contribution in [-0.4, -0.2) is 63.7 Å². The fourth-order valence-corrected chi connectivity index (χ4v) is 6.24. The number of carbonyl (C=O) groups excluding carboxylic acids is 1. The first-order valence-electron chi connectivity index (χ1n) is 6.38. The van der Waals surface area contributed by atoms with Gasteiger partial charge < -0.3 is 4.90 Å². The Balaban J connectivity index is 2.04. The van der Waals surface area contributed by atoms with E-state index in [-0.39, 0.29) is 35.0 Å². The van der Waals surface area contributed by atoms with E-state index in [2.05, 4.69) is 0 Å². The van der Waals surface area contributed by atoms with Gasteiger partial charge in [0.25, 0.3) is 0 Å². The molecule has 110 valence electrons. The molecule has 2 heterocycles. The minimum Gasteiger partial charge on any atom is -0.341 e. The number of rotatable bonds is 2. The Morgan fingerprint density at radius 3 is 2.16 bits per heavy atom. The Morgan fingerprint density at radius 1 is 1.00 bits per heavy atom. The van der Waals surface area contributed by atoms with Gasteiger partial charge >= 0.3 is 0 Å². The van der Waals surface area contributed by atoms with Gasteiger partial charge in [-0.05, 0) is 19.3 Å². The second-order valence-corrected chi connectivity index (χ2v) is 9.92. The molecule has 2 fully saturated rings. The van der Waals surface area contributed by atoms with E-state index in [0.717, 1.165) is 0 Å². The van der Waals surface area contributed by atoms with Crippen molar-refractivity contribution in [3.8, 4) is 0 Å². The van der Waals surface area contributed by atoms with Gasteiger partial charge in [-0.2, -0.15) is 0 Å². The van der Waals surface area contributed by atoms with Crippen molar-refractivity contribution < 1.29 is 21.6 Å². The SMILES string of the molecule is CN(C(=O)C1CCCS(=O)(=O)C1)C1CCS(=O)(=O)C1. The summed E-state index contributed by atoms with van der Waals surface area (Å²) in [4.78, 5) is 13.7. The van der Waals surface area contributed by atoms with E-state index in [0.29, 0.717) is 19.3 Å². The molecule has 0 saturated carbocycles. The van der Waals surface area contributed by atoms with Crippen molar-refractivity contribution in [2.45, 2.75) is 25.3 Å². The summed E-state index contributed by atoms with van der Waals surface area (Å²) >= 11 is 0. The Morgan fingerprint density at radius 2 is 1.63 bits per heavy atom. The van der Waals surface area contributed by atoms with Crippen LogP contribution < -0.4 is 0 Å². The van der Waals surface area contributed by atoms with Crippen LogP contribution in [0.2, 0.25) is 0 Å². The van der Waals surface area contributed by atoms with Gasteiger partial charge in [-0.3, -0.25) is 4.79 Å². The summed E-state index contributed by atoms with van der Waals surface area (Å²) in [5.74, 6) is -0.585. The largest absolute Gasteiger partial charge is 0.341 e. The van der Waals surface area contributed by atoms with Crippen molar-refractivity contribution in [1.82, 2.24) is 4.90 Å². The first-order valence-corrected chi connectivity index (χ1v) is 10.0. The summed E-state index contributed by atoms with van der Waals surface area (Å²) in [6, 6.07) is -0.304. The van der Waals surface area contributed by atoms with E-state index >= 15 is 0 Å². The van der Waals surface area contributed by atoms with Crippen LogP contribution in [0.15, 0.2) is 0 Å². The molecule has 0 N–H and O–H groups in total. The van der Waals surface area contributed by atoms with Crippen molar-refractivity contribution >= 4 is 25.6 Å². The Kier molecular flexibility index (Phi) is 3.92. The van der Waals surface area contributed by atoms with Gasteiger partial charge in [0.1, 0.15) is 0 Å². The minimum absolute atomic E-state index is 0.00525. The molecular formula is C11H19NO5S2. The molecule has 0 spiro atoms. The molecule has 0 aromatic rings. The summed E-state index contributed by atoms with van der Waals surface area (Å²) in [5, 5.41) is 0. The molecule has 2 aliphatic heterocycles. The first-order chi connectivity index (χ1) is 8.70. The second-order valence-electron chi connectivity index (χ2n) is 5.46. The van der Waals surface area contributed by atoms with Gasteiger partial charge in [-0.25, -0.2) is 16.8 Å². The van der Waals surface area contributed by atoms with Crippen LogP contribution in [0, 0.1) is 5.92 Å². The summed E-state index contributed by atoms with van der Waals surface area (Å²) in [6.45, 7) is 0. The summed E-state index contributed by atoms with van der Waals surface area (Å²) in [5.41, 5.74) is 0. The summed E-state index contributed by atoms with van der Waals surface area (Å²) < 4.78 is 45.9. The predicted molar refractivity (Wildman–Crippen MR) is 71.2 cm³/mol. The molecule has 2 atom stereocenters. The van der Waals surface area contributed by atoms with Crippen LogP contribution >= 0.6 is 0 Å². The van der Waals surface area contributed by atoms with Gasteiger partial charge in [0.05, 0.1) is 28.9 Å². The lowest BCUT2D eigenvalue weighted by Crippen LogP contribution is -2.44. The van der Waals surface area contributed by atoms with Crippen molar-refractivity contribution in [2.75, 3.05) is 30.1 Å². The molecule has 0 bridgehead atoms. The average Bonchev–Trinajstić information content (AvgIpc) is 2.66. The van der Waals surface area contributed by atoms with Crippen molar-refractivity contribution in [3.05, 3.63) is 0 Å². The number of hydrogen-bond donors (Lipinski definition) is 0. The molecule has 8 heteroatoms. The molecule has 1 amide bonds. The molecule has 0 radical (unpaired) electrons. The predicted octanol–water partition coefficient (Wildman–Crippen LogP) is -0.543. The molecule has 2 rings (SSSR count). The lowest BCUT2D eigenvalue weighted by molar-refractivity contribution is -0.135. The highest BCUT2D eigenvalue weighted by Crippen LogP contribution is 2.23. The molecular weight excluding hydrogens is 290 g/mol. The normalized spacial score (nSPS) is 32.9. The van der Waals surface area contributed by atoms with Crippen LogP contribution in [0.3, 0.4) is 0 Å². The fraction of sp³-hybridized carbons (Fsp3) is 0.909. The van der Waals surface area contributed by atoms with Gasteiger partial charge in [0.2, 0.25) is 5.91 Å².